The van der Waals surface area contributed by atoms with Crippen LogP contribution in [-0.2, 0) is 9.53 Å². The van der Waals surface area contributed by atoms with Crippen LogP contribution < -0.4 is 4.90 Å². The molecule has 2 fully saturated rings. The molecule has 4 rings (SSSR count). The Balaban J connectivity index is 1.54. The van der Waals surface area contributed by atoms with Crippen molar-refractivity contribution in [2.24, 2.45) is 11.8 Å². The summed E-state index contributed by atoms with van der Waals surface area (Å²) in [6.45, 7) is 2.30. The summed E-state index contributed by atoms with van der Waals surface area (Å²) in [5.41, 5.74) is 2.34. The van der Waals surface area contributed by atoms with Gasteiger partial charge in [0, 0.05) is 24.1 Å². The lowest BCUT2D eigenvalue weighted by Crippen LogP contribution is -2.30. The fourth-order valence-corrected chi connectivity index (χ4v) is 4.48. The van der Waals surface area contributed by atoms with Crippen molar-refractivity contribution < 1.29 is 14.3 Å². The molecule has 2 aromatic rings. The van der Waals surface area contributed by atoms with Gasteiger partial charge in [0.25, 0.3) is 0 Å². The van der Waals surface area contributed by atoms with Crippen molar-refractivity contribution in [2.45, 2.75) is 25.9 Å². The highest BCUT2D eigenvalue weighted by Crippen LogP contribution is 2.44. The minimum Gasteiger partial charge on any atom is -0.458 e. The van der Waals surface area contributed by atoms with Crippen LogP contribution in [0.25, 0.3) is 0 Å². The molecule has 5 nitrogen and oxygen atoms in total. The molecule has 3 atom stereocenters. The van der Waals surface area contributed by atoms with E-state index in [1.165, 1.54) is 0 Å². The summed E-state index contributed by atoms with van der Waals surface area (Å²) in [7, 11) is 0. The molecule has 6 heteroatoms. The van der Waals surface area contributed by atoms with Crippen LogP contribution in [0.15, 0.2) is 42.5 Å². The van der Waals surface area contributed by atoms with Crippen molar-refractivity contribution in [3.8, 4) is 6.07 Å². The number of halogens is 1. The molecular formula is C22H19ClN2O3. The molecule has 0 bridgehead atoms. The third-order valence-corrected chi connectivity index (χ3v) is 6.26. The molecule has 0 N–H and O–H groups in total. The average Bonchev–Trinajstić information content (AvgIpc) is 3.25. The third-order valence-electron chi connectivity index (χ3n) is 5.77. The molecule has 1 amide bonds. The van der Waals surface area contributed by atoms with Gasteiger partial charge in [-0.05, 0) is 49.6 Å². The van der Waals surface area contributed by atoms with E-state index >= 15 is 0 Å². The number of esters is 1. The monoisotopic (exact) mass is 394 g/mol. The van der Waals surface area contributed by atoms with E-state index in [9.17, 15) is 9.59 Å². The second kappa shape index (κ2) is 7.29. The smallest absolute Gasteiger partial charge is 0.338 e. The van der Waals surface area contributed by atoms with Gasteiger partial charge in [0.15, 0.2) is 0 Å². The first-order chi connectivity index (χ1) is 13.5. The average molecular weight is 395 g/mol. The predicted octanol–water partition coefficient (Wildman–Crippen LogP) is 4.12. The first-order valence-corrected chi connectivity index (χ1v) is 9.65. The number of hydrogen-bond donors (Lipinski definition) is 0. The van der Waals surface area contributed by atoms with Crippen molar-refractivity contribution >= 4 is 29.2 Å². The van der Waals surface area contributed by atoms with E-state index in [0.29, 0.717) is 41.1 Å². The van der Waals surface area contributed by atoms with Crippen molar-refractivity contribution in [1.82, 2.24) is 0 Å². The zero-order valence-corrected chi connectivity index (χ0v) is 16.1. The van der Waals surface area contributed by atoms with Crippen LogP contribution in [0.4, 0.5) is 5.69 Å². The molecule has 28 heavy (non-hydrogen) atoms. The number of fused-ring (bicyclic) bond motifs is 1. The number of rotatable bonds is 3. The molecule has 0 spiro atoms. The number of benzene rings is 2. The molecule has 0 aromatic heterocycles. The van der Waals surface area contributed by atoms with E-state index in [1.807, 2.05) is 13.0 Å². The topological polar surface area (TPSA) is 70.4 Å². The quantitative estimate of drug-likeness (QED) is 0.734. The van der Waals surface area contributed by atoms with E-state index in [-0.39, 0.29) is 29.8 Å². The Morgan fingerprint density at radius 1 is 1.21 bits per heavy atom. The van der Waals surface area contributed by atoms with Crippen molar-refractivity contribution in [1.29, 1.82) is 5.26 Å². The summed E-state index contributed by atoms with van der Waals surface area (Å²) in [6, 6.07) is 14.4. The maximum absolute atomic E-state index is 13.0. The van der Waals surface area contributed by atoms with Crippen LogP contribution >= 0.6 is 11.6 Å². The molecule has 0 radical (unpaired) electrons. The first-order valence-electron chi connectivity index (χ1n) is 9.28. The number of ether oxygens (including phenoxy) is 1. The summed E-state index contributed by atoms with van der Waals surface area (Å²) in [6.07, 6.45) is 1.12. The van der Waals surface area contributed by atoms with Crippen LogP contribution in [0.5, 0.6) is 0 Å². The van der Waals surface area contributed by atoms with Gasteiger partial charge in [0.05, 0.1) is 16.1 Å². The van der Waals surface area contributed by atoms with Crippen molar-refractivity contribution in [2.75, 3.05) is 11.4 Å². The lowest BCUT2D eigenvalue weighted by Gasteiger charge is -2.23. The van der Waals surface area contributed by atoms with Gasteiger partial charge in [0.1, 0.15) is 12.2 Å². The lowest BCUT2D eigenvalue weighted by atomic mass is 9.99. The Morgan fingerprint density at radius 3 is 2.68 bits per heavy atom. The highest BCUT2D eigenvalue weighted by molar-refractivity contribution is 6.33. The molecular weight excluding hydrogens is 376 g/mol. The van der Waals surface area contributed by atoms with Gasteiger partial charge >= 0.3 is 5.97 Å². The van der Waals surface area contributed by atoms with E-state index in [0.717, 1.165) is 5.69 Å². The molecule has 142 valence electrons. The van der Waals surface area contributed by atoms with Gasteiger partial charge in [-0.3, -0.25) is 4.79 Å². The molecule has 1 heterocycles. The minimum atomic E-state index is -0.352. The zero-order valence-electron chi connectivity index (χ0n) is 15.4. The number of amides is 1. The molecule has 1 saturated carbocycles. The van der Waals surface area contributed by atoms with Crippen LogP contribution in [0.2, 0.25) is 5.02 Å². The van der Waals surface area contributed by atoms with E-state index in [4.69, 9.17) is 21.6 Å². The number of carbonyl (C=O) groups is 2. The third kappa shape index (κ3) is 3.04. The second-order valence-corrected chi connectivity index (χ2v) is 7.67. The minimum absolute atomic E-state index is 0.0334. The second-order valence-electron chi connectivity index (χ2n) is 7.29. The van der Waals surface area contributed by atoms with Crippen LogP contribution in [0.3, 0.4) is 0 Å². The number of carbonyl (C=O) groups excluding carboxylic acids is 2. The molecule has 1 saturated heterocycles. The summed E-state index contributed by atoms with van der Waals surface area (Å²) >= 11 is 6.28. The number of nitrogens with zero attached hydrogens (tertiary/aromatic N) is 2. The van der Waals surface area contributed by atoms with E-state index in [1.54, 1.807) is 41.3 Å². The van der Waals surface area contributed by atoms with Crippen LogP contribution in [0, 0.1) is 30.1 Å². The van der Waals surface area contributed by atoms with Crippen molar-refractivity contribution in [3.63, 3.8) is 0 Å². The highest BCUT2D eigenvalue weighted by Gasteiger charge is 2.50. The summed E-state index contributed by atoms with van der Waals surface area (Å²) < 4.78 is 5.75. The fourth-order valence-electron chi connectivity index (χ4n) is 4.28. The standard InChI is InChI=1S/C22H19ClN2O3/c1-13-18(9-7-15(11-24)20(13)23)25-12-17-16(21(25)26)8-10-19(17)28-22(27)14-5-3-2-4-6-14/h2-7,9,16-17,19H,8,10,12H2,1H3/t16-,17-,19+/m0/s1. The lowest BCUT2D eigenvalue weighted by molar-refractivity contribution is -0.120. The summed E-state index contributed by atoms with van der Waals surface area (Å²) in [5, 5.41) is 9.50. The van der Waals surface area contributed by atoms with Crippen molar-refractivity contribution in [3.05, 3.63) is 64.2 Å². The summed E-state index contributed by atoms with van der Waals surface area (Å²) in [4.78, 5) is 27.1. The highest BCUT2D eigenvalue weighted by atomic mass is 35.5. The van der Waals surface area contributed by atoms with Gasteiger partial charge in [-0.25, -0.2) is 4.79 Å². The normalized spacial score (nSPS) is 23.4. The largest absolute Gasteiger partial charge is 0.458 e. The van der Waals surface area contributed by atoms with E-state index < -0.39 is 0 Å². The zero-order chi connectivity index (χ0) is 19.8. The number of hydrogen-bond acceptors (Lipinski definition) is 4. The molecule has 2 aromatic carbocycles. The Hall–Kier alpha value is -2.84. The van der Waals surface area contributed by atoms with E-state index in [2.05, 4.69) is 6.07 Å². The molecule has 1 aliphatic heterocycles. The van der Waals surface area contributed by atoms with Gasteiger partial charge < -0.3 is 9.64 Å². The van der Waals surface area contributed by atoms with Crippen LogP contribution in [0.1, 0.15) is 34.3 Å². The predicted molar refractivity (Wildman–Crippen MR) is 105 cm³/mol. The first kappa shape index (κ1) is 18.5. The van der Waals surface area contributed by atoms with Crippen LogP contribution in [-0.4, -0.2) is 24.5 Å². The van der Waals surface area contributed by atoms with Gasteiger partial charge in [-0.15, -0.1) is 0 Å². The molecule has 0 unspecified atom stereocenters. The Morgan fingerprint density at radius 2 is 1.96 bits per heavy atom. The Kier molecular flexibility index (Phi) is 4.82. The summed E-state index contributed by atoms with van der Waals surface area (Å²) in [5.74, 6) is -0.502. The molecule has 1 aliphatic carbocycles. The maximum atomic E-state index is 13.0. The van der Waals surface area contributed by atoms with Gasteiger partial charge in [-0.2, -0.15) is 5.26 Å². The van der Waals surface area contributed by atoms with Gasteiger partial charge in [-0.1, -0.05) is 29.8 Å². The molecule has 2 aliphatic rings. The van der Waals surface area contributed by atoms with Gasteiger partial charge in [0.2, 0.25) is 5.91 Å². The SMILES string of the molecule is Cc1c(N2C[C@H]3[C@H](CC[C@H]3OC(=O)c3ccccc3)C2=O)ccc(C#N)c1Cl. The fraction of sp³-hybridized carbons (Fsp3) is 0.318. The number of anilines is 1. The number of nitriles is 1. The Bertz CT molecular complexity index is 983. The maximum Gasteiger partial charge on any atom is 0.338 e. The Labute approximate surface area is 168 Å².